The highest BCUT2D eigenvalue weighted by atomic mass is 35.5. The molecule has 0 unspecified atom stereocenters. The van der Waals surface area contributed by atoms with Gasteiger partial charge in [0.15, 0.2) is 0 Å². The van der Waals surface area contributed by atoms with Crippen LogP contribution in [0, 0.1) is 12.8 Å². The first-order valence-corrected chi connectivity index (χ1v) is 13.0. The molecule has 0 spiro atoms. The number of nitrogens with one attached hydrogen (secondary N) is 1. The Kier molecular flexibility index (Phi) is 6.80. The molecule has 10 heteroatoms. The van der Waals surface area contributed by atoms with Crippen molar-refractivity contribution in [2.24, 2.45) is 5.92 Å². The summed E-state index contributed by atoms with van der Waals surface area (Å²) in [4.78, 5) is 35.9. The molecule has 4 heterocycles. The Morgan fingerprint density at radius 3 is 2.60 bits per heavy atom. The third-order valence-electron chi connectivity index (χ3n) is 6.87. The SMILES string of the molecule is COc1ccc(NC(=O)C2CCN(c3c(C(=O)N4CCCC4)cnc4snc(C)c34)CC2)cc1Cl. The number of halogens is 1. The molecular formula is C25H28ClN5O3S. The Morgan fingerprint density at radius 2 is 1.91 bits per heavy atom. The Labute approximate surface area is 213 Å². The van der Waals surface area contributed by atoms with Gasteiger partial charge in [-0.3, -0.25) is 9.59 Å². The van der Waals surface area contributed by atoms with E-state index in [0.717, 1.165) is 47.5 Å². The Bertz CT molecular complexity index is 1270. The summed E-state index contributed by atoms with van der Waals surface area (Å²) in [5.74, 6) is 0.462. The minimum Gasteiger partial charge on any atom is -0.495 e. The number of likely N-dealkylation sites (tertiary alicyclic amines) is 1. The molecule has 5 rings (SSSR count). The lowest BCUT2D eigenvalue weighted by atomic mass is 9.94. The second-order valence-corrected chi connectivity index (χ2v) is 10.2. The third kappa shape index (κ3) is 4.67. The van der Waals surface area contributed by atoms with Crippen molar-refractivity contribution in [1.82, 2.24) is 14.3 Å². The largest absolute Gasteiger partial charge is 0.495 e. The van der Waals surface area contributed by atoms with Crippen LogP contribution in [-0.4, -0.2) is 59.4 Å². The molecule has 2 amide bonds. The lowest BCUT2D eigenvalue weighted by molar-refractivity contribution is -0.120. The number of fused-ring (bicyclic) bond motifs is 1. The predicted octanol–water partition coefficient (Wildman–Crippen LogP) is 4.75. The van der Waals surface area contributed by atoms with Gasteiger partial charge in [-0.05, 0) is 62.3 Å². The molecule has 2 aliphatic rings. The Hall–Kier alpha value is -2.91. The maximum atomic E-state index is 13.4. The first-order chi connectivity index (χ1) is 17.0. The van der Waals surface area contributed by atoms with E-state index >= 15 is 0 Å². The van der Waals surface area contributed by atoms with E-state index in [2.05, 4.69) is 19.6 Å². The van der Waals surface area contributed by atoms with Crippen LogP contribution in [0.5, 0.6) is 5.75 Å². The molecule has 0 aliphatic carbocycles. The van der Waals surface area contributed by atoms with Gasteiger partial charge in [0.2, 0.25) is 5.91 Å². The first kappa shape index (κ1) is 23.8. The molecule has 0 radical (unpaired) electrons. The van der Waals surface area contributed by atoms with E-state index < -0.39 is 0 Å². The van der Waals surface area contributed by atoms with Gasteiger partial charge in [0, 0.05) is 44.0 Å². The number of carbonyl (C=O) groups excluding carboxylic acids is 2. The second kappa shape index (κ2) is 9.99. The van der Waals surface area contributed by atoms with Crippen molar-refractivity contribution in [2.75, 3.05) is 43.5 Å². The quantitative estimate of drug-likeness (QED) is 0.529. The summed E-state index contributed by atoms with van der Waals surface area (Å²) < 4.78 is 9.68. The standard InChI is InChI=1S/C25H28ClN5O3S/c1-15-21-22(18(14-27-24(21)35-29-15)25(33)31-9-3-4-10-31)30-11-7-16(8-12-30)23(32)28-17-5-6-20(34-2)19(26)13-17/h5-6,13-14,16H,3-4,7-12H2,1-2H3,(H,28,32). The van der Waals surface area contributed by atoms with E-state index in [1.54, 1.807) is 31.5 Å². The smallest absolute Gasteiger partial charge is 0.257 e. The average Bonchev–Trinajstić information content (AvgIpc) is 3.54. The number of hydrogen-bond acceptors (Lipinski definition) is 7. The number of piperidine rings is 1. The highest BCUT2D eigenvalue weighted by molar-refractivity contribution is 7.13. The molecule has 8 nitrogen and oxygen atoms in total. The maximum absolute atomic E-state index is 13.4. The van der Waals surface area contributed by atoms with Crippen LogP contribution in [0.4, 0.5) is 11.4 Å². The normalized spacial score (nSPS) is 16.7. The molecule has 1 N–H and O–H groups in total. The molecule has 0 saturated carbocycles. The summed E-state index contributed by atoms with van der Waals surface area (Å²) in [6.07, 6.45) is 5.16. The zero-order valence-electron chi connectivity index (χ0n) is 19.8. The molecule has 0 bridgehead atoms. The van der Waals surface area contributed by atoms with Gasteiger partial charge in [-0.25, -0.2) is 4.98 Å². The first-order valence-electron chi connectivity index (χ1n) is 11.9. The fourth-order valence-corrected chi connectivity index (χ4v) is 5.97. The van der Waals surface area contributed by atoms with E-state index in [-0.39, 0.29) is 17.7 Å². The molecular weight excluding hydrogens is 486 g/mol. The number of anilines is 2. The van der Waals surface area contributed by atoms with Crippen LogP contribution in [-0.2, 0) is 4.79 Å². The molecule has 2 saturated heterocycles. The molecule has 184 valence electrons. The predicted molar refractivity (Wildman–Crippen MR) is 139 cm³/mol. The summed E-state index contributed by atoms with van der Waals surface area (Å²) in [5, 5.41) is 4.39. The van der Waals surface area contributed by atoms with Gasteiger partial charge in [-0.1, -0.05) is 11.6 Å². The lowest BCUT2D eigenvalue weighted by Crippen LogP contribution is -2.39. The number of carbonyl (C=O) groups is 2. The van der Waals surface area contributed by atoms with Crippen LogP contribution in [0.1, 0.15) is 41.7 Å². The summed E-state index contributed by atoms with van der Waals surface area (Å²) in [6, 6.07) is 5.23. The number of rotatable bonds is 5. The minimum atomic E-state index is -0.121. The number of aromatic nitrogens is 2. The monoisotopic (exact) mass is 513 g/mol. The summed E-state index contributed by atoms with van der Waals surface area (Å²) >= 11 is 7.56. The maximum Gasteiger partial charge on any atom is 0.257 e. The highest BCUT2D eigenvalue weighted by Gasteiger charge is 2.31. The minimum absolute atomic E-state index is 0.0208. The van der Waals surface area contributed by atoms with Gasteiger partial charge < -0.3 is 19.9 Å². The van der Waals surface area contributed by atoms with Gasteiger partial charge in [0.1, 0.15) is 10.6 Å². The van der Waals surface area contributed by atoms with Crippen LogP contribution in [0.2, 0.25) is 5.02 Å². The van der Waals surface area contributed by atoms with Crippen molar-refractivity contribution in [3.8, 4) is 5.75 Å². The summed E-state index contributed by atoms with van der Waals surface area (Å²) in [6.45, 7) is 4.89. The van der Waals surface area contributed by atoms with Crippen molar-refractivity contribution < 1.29 is 14.3 Å². The number of benzene rings is 1. The third-order valence-corrected chi connectivity index (χ3v) is 8.02. The van der Waals surface area contributed by atoms with Crippen LogP contribution >= 0.6 is 23.1 Å². The molecule has 3 aromatic rings. The molecule has 0 atom stereocenters. The number of aryl methyl sites for hydroxylation is 1. The number of ether oxygens (including phenoxy) is 1. The van der Waals surface area contributed by atoms with Crippen molar-refractivity contribution in [1.29, 1.82) is 0 Å². The van der Waals surface area contributed by atoms with Gasteiger partial charge in [-0.2, -0.15) is 4.37 Å². The van der Waals surface area contributed by atoms with Crippen molar-refractivity contribution >= 4 is 56.5 Å². The van der Waals surface area contributed by atoms with Crippen molar-refractivity contribution in [3.05, 3.63) is 40.7 Å². The van der Waals surface area contributed by atoms with E-state index in [4.69, 9.17) is 16.3 Å². The molecule has 1 aromatic carbocycles. The van der Waals surface area contributed by atoms with Crippen LogP contribution in [0.3, 0.4) is 0 Å². The number of amides is 2. The number of methoxy groups -OCH3 is 1. The van der Waals surface area contributed by atoms with Crippen LogP contribution < -0.4 is 15.0 Å². The number of nitrogens with zero attached hydrogens (tertiary/aromatic N) is 4. The molecule has 2 fully saturated rings. The highest BCUT2D eigenvalue weighted by Crippen LogP contribution is 2.37. The zero-order chi connectivity index (χ0) is 24.5. The Balaban J connectivity index is 1.34. The zero-order valence-corrected chi connectivity index (χ0v) is 21.4. The Morgan fingerprint density at radius 1 is 1.17 bits per heavy atom. The van der Waals surface area contributed by atoms with E-state index in [1.807, 2.05) is 11.8 Å². The van der Waals surface area contributed by atoms with Gasteiger partial charge in [-0.15, -0.1) is 0 Å². The molecule has 2 aliphatic heterocycles. The molecule has 2 aromatic heterocycles. The second-order valence-electron chi connectivity index (χ2n) is 9.07. The van der Waals surface area contributed by atoms with Gasteiger partial charge in [0.05, 0.1) is 34.5 Å². The molecule has 35 heavy (non-hydrogen) atoms. The van der Waals surface area contributed by atoms with E-state index in [0.29, 0.717) is 48.0 Å². The van der Waals surface area contributed by atoms with Gasteiger partial charge in [0.25, 0.3) is 5.91 Å². The number of hydrogen-bond donors (Lipinski definition) is 1. The topological polar surface area (TPSA) is 87.7 Å². The summed E-state index contributed by atoms with van der Waals surface area (Å²) in [5.41, 5.74) is 3.09. The van der Waals surface area contributed by atoms with Gasteiger partial charge >= 0.3 is 0 Å². The van der Waals surface area contributed by atoms with E-state index in [9.17, 15) is 9.59 Å². The lowest BCUT2D eigenvalue weighted by Gasteiger charge is -2.34. The fourth-order valence-electron chi connectivity index (χ4n) is 4.97. The van der Waals surface area contributed by atoms with Crippen molar-refractivity contribution in [2.45, 2.75) is 32.6 Å². The van der Waals surface area contributed by atoms with E-state index in [1.165, 1.54) is 11.5 Å². The van der Waals surface area contributed by atoms with Crippen LogP contribution in [0.25, 0.3) is 10.2 Å². The van der Waals surface area contributed by atoms with Crippen LogP contribution in [0.15, 0.2) is 24.4 Å². The fraction of sp³-hybridized carbons (Fsp3) is 0.440. The number of pyridine rings is 1. The average molecular weight is 514 g/mol. The summed E-state index contributed by atoms with van der Waals surface area (Å²) in [7, 11) is 1.56. The van der Waals surface area contributed by atoms with Crippen molar-refractivity contribution in [3.63, 3.8) is 0 Å².